The molecule has 1 aliphatic heterocycles. The Hall–Kier alpha value is -2.11. The predicted molar refractivity (Wildman–Crippen MR) is 95.1 cm³/mol. The average Bonchev–Trinajstić information content (AvgIpc) is 2.58. The van der Waals surface area contributed by atoms with E-state index in [9.17, 15) is 9.18 Å². The smallest absolute Gasteiger partial charge is 0.238 e. The van der Waals surface area contributed by atoms with Crippen LogP contribution in [-0.4, -0.2) is 43.5 Å². The maximum atomic E-state index is 13.6. The van der Waals surface area contributed by atoms with Crippen molar-refractivity contribution in [2.75, 3.05) is 42.9 Å². The van der Waals surface area contributed by atoms with Crippen molar-refractivity contribution in [3.63, 3.8) is 0 Å². The molecule has 1 fully saturated rings. The molecule has 0 unspecified atom stereocenters. The van der Waals surface area contributed by atoms with Crippen LogP contribution >= 0.6 is 11.6 Å². The second kappa shape index (κ2) is 7.64. The van der Waals surface area contributed by atoms with Gasteiger partial charge in [-0.1, -0.05) is 23.7 Å². The van der Waals surface area contributed by atoms with Crippen LogP contribution in [0.2, 0.25) is 5.02 Å². The fraction of sp³-hybridized carbons (Fsp3) is 0.278. The first-order valence-electron chi connectivity index (χ1n) is 7.89. The van der Waals surface area contributed by atoms with Gasteiger partial charge in [0.15, 0.2) is 0 Å². The summed E-state index contributed by atoms with van der Waals surface area (Å²) in [6.07, 6.45) is 0. The van der Waals surface area contributed by atoms with Crippen LogP contribution in [0.4, 0.5) is 15.8 Å². The van der Waals surface area contributed by atoms with Gasteiger partial charge in [0.05, 0.1) is 12.2 Å². The number of para-hydroxylation sites is 1. The number of piperazine rings is 1. The zero-order valence-electron chi connectivity index (χ0n) is 13.2. The number of benzene rings is 2. The van der Waals surface area contributed by atoms with E-state index in [-0.39, 0.29) is 18.1 Å². The van der Waals surface area contributed by atoms with Crippen LogP contribution in [0.3, 0.4) is 0 Å². The third-order valence-electron chi connectivity index (χ3n) is 4.08. The summed E-state index contributed by atoms with van der Waals surface area (Å²) < 4.78 is 13.6. The lowest BCUT2D eigenvalue weighted by Crippen LogP contribution is -2.48. The minimum atomic E-state index is -0.418. The number of anilines is 2. The third kappa shape index (κ3) is 4.24. The summed E-state index contributed by atoms with van der Waals surface area (Å²) in [4.78, 5) is 16.4. The van der Waals surface area contributed by atoms with Crippen molar-refractivity contribution >= 4 is 28.9 Å². The topological polar surface area (TPSA) is 35.6 Å². The minimum absolute atomic E-state index is 0.194. The molecule has 0 bridgehead atoms. The van der Waals surface area contributed by atoms with Crippen molar-refractivity contribution in [3.8, 4) is 0 Å². The number of hydrogen-bond donors (Lipinski definition) is 1. The van der Waals surface area contributed by atoms with Gasteiger partial charge in [0.2, 0.25) is 5.91 Å². The van der Waals surface area contributed by atoms with Crippen LogP contribution in [0.15, 0.2) is 48.5 Å². The zero-order chi connectivity index (χ0) is 16.9. The Kier molecular flexibility index (Phi) is 5.33. The van der Waals surface area contributed by atoms with Gasteiger partial charge < -0.3 is 10.2 Å². The van der Waals surface area contributed by atoms with Crippen LogP contribution in [0, 0.1) is 5.82 Å². The second-order valence-electron chi connectivity index (χ2n) is 5.77. The van der Waals surface area contributed by atoms with Crippen molar-refractivity contribution in [1.82, 2.24) is 4.90 Å². The first-order chi connectivity index (χ1) is 11.6. The molecule has 126 valence electrons. The quantitative estimate of drug-likeness (QED) is 0.922. The zero-order valence-corrected chi connectivity index (χ0v) is 14.0. The molecule has 1 N–H and O–H groups in total. The summed E-state index contributed by atoms with van der Waals surface area (Å²) in [5, 5.41) is 3.35. The molecule has 0 radical (unpaired) electrons. The van der Waals surface area contributed by atoms with Crippen LogP contribution in [0.25, 0.3) is 0 Å². The number of carbonyl (C=O) groups is 1. The standard InChI is InChI=1S/C18H19ClFN3O/c19-14-5-7-15(8-6-14)23-11-9-22(10-12-23)13-18(24)21-17-4-2-1-3-16(17)20/h1-8H,9-13H2,(H,21,24). The number of rotatable bonds is 4. The SMILES string of the molecule is O=C(CN1CCN(c2ccc(Cl)cc2)CC1)Nc1ccccc1F. The van der Waals surface area contributed by atoms with Crippen molar-refractivity contribution in [2.45, 2.75) is 0 Å². The first kappa shape index (κ1) is 16.7. The van der Waals surface area contributed by atoms with Gasteiger partial charge in [-0.2, -0.15) is 0 Å². The predicted octanol–water partition coefficient (Wildman–Crippen LogP) is 3.24. The van der Waals surface area contributed by atoms with Crippen molar-refractivity contribution < 1.29 is 9.18 Å². The molecule has 2 aromatic carbocycles. The van der Waals surface area contributed by atoms with E-state index in [0.717, 1.165) is 36.9 Å². The molecule has 0 spiro atoms. The Bertz CT molecular complexity index is 700. The van der Waals surface area contributed by atoms with Crippen molar-refractivity contribution in [3.05, 3.63) is 59.4 Å². The van der Waals surface area contributed by atoms with Gasteiger partial charge in [-0.25, -0.2) is 4.39 Å². The molecular formula is C18H19ClFN3O. The lowest BCUT2D eigenvalue weighted by atomic mass is 10.2. The molecule has 1 aliphatic rings. The number of hydrogen-bond acceptors (Lipinski definition) is 3. The fourth-order valence-electron chi connectivity index (χ4n) is 2.77. The van der Waals surface area contributed by atoms with Crippen molar-refractivity contribution in [2.24, 2.45) is 0 Å². The highest BCUT2D eigenvalue weighted by Crippen LogP contribution is 2.19. The normalized spacial score (nSPS) is 15.3. The van der Waals surface area contributed by atoms with E-state index < -0.39 is 5.82 Å². The van der Waals surface area contributed by atoms with Crippen LogP contribution in [-0.2, 0) is 4.79 Å². The van der Waals surface area contributed by atoms with E-state index in [1.54, 1.807) is 18.2 Å². The molecular weight excluding hydrogens is 329 g/mol. The van der Waals surface area contributed by atoms with Gasteiger partial charge in [-0.15, -0.1) is 0 Å². The Morgan fingerprint density at radius 3 is 2.38 bits per heavy atom. The molecule has 0 atom stereocenters. The molecule has 24 heavy (non-hydrogen) atoms. The maximum absolute atomic E-state index is 13.6. The van der Waals surface area contributed by atoms with Crippen LogP contribution in [0.1, 0.15) is 0 Å². The highest BCUT2D eigenvalue weighted by molar-refractivity contribution is 6.30. The second-order valence-corrected chi connectivity index (χ2v) is 6.20. The number of nitrogens with zero attached hydrogens (tertiary/aromatic N) is 2. The van der Waals surface area contributed by atoms with Gasteiger partial charge in [-0.05, 0) is 36.4 Å². The Morgan fingerprint density at radius 2 is 1.71 bits per heavy atom. The van der Waals surface area contributed by atoms with E-state index in [1.165, 1.54) is 6.07 Å². The van der Waals surface area contributed by atoms with E-state index in [2.05, 4.69) is 15.1 Å². The summed E-state index contributed by atoms with van der Waals surface area (Å²) in [7, 11) is 0. The van der Waals surface area contributed by atoms with Gasteiger partial charge in [0, 0.05) is 36.9 Å². The summed E-state index contributed by atoms with van der Waals surface area (Å²) in [6.45, 7) is 3.52. The Morgan fingerprint density at radius 1 is 1.04 bits per heavy atom. The highest BCUT2D eigenvalue weighted by atomic mass is 35.5. The van der Waals surface area contributed by atoms with Crippen LogP contribution in [0.5, 0.6) is 0 Å². The van der Waals surface area contributed by atoms with Gasteiger partial charge in [-0.3, -0.25) is 9.69 Å². The molecule has 4 nitrogen and oxygen atoms in total. The lowest BCUT2D eigenvalue weighted by molar-refractivity contribution is -0.117. The van der Waals surface area contributed by atoms with E-state index in [4.69, 9.17) is 11.6 Å². The lowest BCUT2D eigenvalue weighted by Gasteiger charge is -2.35. The number of nitrogens with one attached hydrogen (secondary N) is 1. The van der Waals surface area contributed by atoms with Gasteiger partial charge in [0.25, 0.3) is 0 Å². The first-order valence-corrected chi connectivity index (χ1v) is 8.27. The molecule has 1 heterocycles. The molecule has 0 aromatic heterocycles. The number of carbonyl (C=O) groups excluding carboxylic acids is 1. The van der Waals surface area contributed by atoms with E-state index >= 15 is 0 Å². The maximum Gasteiger partial charge on any atom is 0.238 e. The third-order valence-corrected chi connectivity index (χ3v) is 4.33. The Labute approximate surface area is 145 Å². The van der Waals surface area contributed by atoms with E-state index in [1.807, 2.05) is 24.3 Å². The van der Waals surface area contributed by atoms with Gasteiger partial charge in [0.1, 0.15) is 5.82 Å². The molecule has 0 aliphatic carbocycles. The molecule has 0 saturated carbocycles. The molecule has 1 amide bonds. The summed E-state index contributed by atoms with van der Waals surface area (Å²) >= 11 is 5.91. The van der Waals surface area contributed by atoms with E-state index in [0.29, 0.717) is 0 Å². The van der Waals surface area contributed by atoms with Crippen molar-refractivity contribution in [1.29, 1.82) is 0 Å². The summed E-state index contributed by atoms with van der Waals surface area (Å²) in [6, 6.07) is 14.0. The summed E-state index contributed by atoms with van der Waals surface area (Å²) in [5.41, 5.74) is 1.36. The van der Waals surface area contributed by atoms with Gasteiger partial charge >= 0.3 is 0 Å². The molecule has 6 heteroatoms. The van der Waals surface area contributed by atoms with Crippen LogP contribution < -0.4 is 10.2 Å². The number of halogens is 2. The summed E-state index contributed by atoms with van der Waals surface area (Å²) in [5.74, 6) is -0.613. The molecule has 1 saturated heterocycles. The monoisotopic (exact) mass is 347 g/mol. The number of amides is 1. The molecule has 3 rings (SSSR count). The fourth-order valence-corrected chi connectivity index (χ4v) is 2.90. The minimum Gasteiger partial charge on any atom is -0.369 e. The highest BCUT2D eigenvalue weighted by Gasteiger charge is 2.19. The Balaban J connectivity index is 1.49. The molecule has 2 aromatic rings. The largest absolute Gasteiger partial charge is 0.369 e. The average molecular weight is 348 g/mol.